The zero-order chi connectivity index (χ0) is 15.7. The summed E-state index contributed by atoms with van der Waals surface area (Å²) in [5.74, 6) is 7.50. The van der Waals surface area contributed by atoms with E-state index in [4.69, 9.17) is 4.74 Å². The van der Waals surface area contributed by atoms with E-state index < -0.39 is 0 Å². The maximum Gasteiger partial charge on any atom is 0.309 e. The average Bonchev–Trinajstić information content (AvgIpc) is 3.28. The van der Waals surface area contributed by atoms with E-state index in [-0.39, 0.29) is 18.0 Å². The molecule has 0 radical (unpaired) electrons. The Bertz CT molecular complexity index is 494. The van der Waals surface area contributed by atoms with Gasteiger partial charge in [0, 0.05) is 0 Å². The van der Waals surface area contributed by atoms with Gasteiger partial charge in [0.25, 0.3) is 0 Å². The smallest absolute Gasteiger partial charge is 0.309 e. The number of esters is 1. The van der Waals surface area contributed by atoms with Crippen molar-refractivity contribution in [2.75, 3.05) is 0 Å². The standard InChI is InChI=1S/C21H32O2/c1-11-12(2)16-10-15(11)19-13-8-17(20(16)19)18(9-13)21(22)23-14-6-4-3-5-7-14/h11-20H,3-10H2,1-2H3. The van der Waals surface area contributed by atoms with E-state index in [1.165, 1.54) is 32.1 Å². The van der Waals surface area contributed by atoms with E-state index in [9.17, 15) is 4.79 Å². The van der Waals surface area contributed by atoms with Gasteiger partial charge in [-0.05, 0) is 92.3 Å². The zero-order valence-electron chi connectivity index (χ0n) is 14.7. The molecule has 0 N–H and O–H groups in total. The monoisotopic (exact) mass is 316 g/mol. The van der Waals surface area contributed by atoms with E-state index in [1.807, 2.05) is 0 Å². The lowest BCUT2D eigenvalue weighted by Crippen LogP contribution is -2.41. The van der Waals surface area contributed by atoms with E-state index in [0.717, 1.165) is 60.7 Å². The van der Waals surface area contributed by atoms with Crippen LogP contribution in [0.25, 0.3) is 0 Å². The zero-order valence-corrected chi connectivity index (χ0v) is 14.7. The minimum Gasteiger partial charge on any atom is -0.462 e. The highest BCUT2D eigenvalue weighted by Gasteiger charge is 2.66. The predicted octanol–water partition coefficient (Wildman–Crippen LogP) is 4.67. The van der Waals surface area contributed by atoms with E-state index >= 15 is 0 Å². The molecule has 4 bridgehead atoms. The van der Waals surface area contributed by atoms with E-state index in [2.05, 4.69) is 13.8 Å². The van der Waals surface area contributed by atoms with Gasteiger partial charge in [0.1, 0.15) is 6.10 Å². The molecule has 0 aromatic heterocycles. The quantitative estimate of drug-likeness (QED) is 0.546. The van der Waals surface area contributed by atoms with Crippen LogP contribution in [0.15, 0.2) is 0 Å². The minimum atomic E-state index is 0.186. The summed E-state index contributed by atoms with van der Waals surface area (Å²) in [5, 5.41) is 0. The second kappa shape index (κ2) is 5.23. The molecule has 9 unspecified atom stereocenters. The molecule has 5 rings (SSSR count). The maximum absolute atomic E-state index is 12.8. The first-order valence-corrected chi connectivity index (χ1v) is 10.4. The van der Waals surface area contributed by atoms with Gasteiger partial charge in [0.05, 0.1) is 5.92 Å². The minimum absolute atomic E-state index is 0.186. The van der Waals surface area contributed by atoms with Crippen LogP contribution in [0, 0.1) is 53.3 Å². The Morgan fingerprint density at radius 1 is 0.826 bits per heavy atom. The lowest BCUT2D eigenvalue weighted by molar-refractivity contribution is -0.159. The molecule has 2 nitrogen and oxygen atoms in total. The molecule has 0 aromatic carbocycles. The van der Waals surface area contributed by atoms with Gasteiger partial charge in [0.15, 0.2) is 0 Å². The topological polar surface area (TPSA) is 26.3 Å². The van der Waals surface area contributed by atoms with Gasteiger partial charge in [-0.3, -0.25) is 4.79 Å². The lowest BCUT2D eigenvalue weighted by Gasteiger charge is -2.43. The van der Waals surface area contributed by atoms with Gasteiger partial charge >= 0.3 is 5.97 Å². The van der Waals surface area contributed by atoms with Crippen molar-refractivity contribution in [3.05, 3.63) is 0 Å². The number of hydrogen-bond donors (Lipinski definition) is 0. The summed E-state index contributed by atoms with van der Waals surface area (Å²) in [6.45, 7) is 4.97. The summed E-state index contributed by atoms with van der Waals surface area (Å²) < 4.78 is 5.97. The molecule has 0 spiro atoms. The molecule has 5 aliphatic carbocycles. The van der Waals surface area contributed by atoms with Crippen molar-refractivity contribution in [2.45, 2.75) is 71.3 Å². The predicted molar refractivity (Wildman–Crippen MR) is 89.6 cm³/mol. The number of ether oxygens (including phenoxy) is 1. The molecule has 2 heteroatoms. The molecule has 128 valence electrons. The summed E-state index contributed by atoms with van der Waals surface area (Å²) in [6.07, 6.45) is 10.2. The van der Waals surface area contributed by atoms with Crippen LogP contribution in [0.1, 0.15) is 65.2 Å². The van der Waals surface area contributed by atoms with Gasteiger partial charge in [-0.1, -0.05) is 20.3 Å². The van der Waals surface area contributed by atoms with Crippen LogP contribution in [0.2, 0.25) is 0 Å². The van der Waals surface area contributed by atoms with Gasteiger partial charge in [-0.2, -0.15) is 0 Å². The number of hydrogen-bond acceptors (Lipinski definition) is 2. The molecule has 23 heavy (non-hydrogen) atoms. The fourth-order valence-electron chi connectivity index (χ4n) is 7.93. The van der Waals surface area contributed by atoms with E-state index in [0.29, 0.717) is 5.92 Å². The molecule has 0 heterocycles. The second-order valence-electron chi connectivity index (χ2n) is 9.64. The normalized spacial score (nSPS) is 54.4. The van der Waals surface area contributed by atoms with Crippen LogP contribution < -0.4 is 0 Å². The van der Waals surface area contributed by atoms with Gasteiger partial charge in [0.2, 0.25) is 0 Å². The van der Waals surface area contributed by atoms with Crippen molar-refractivity contribution in [2.24, 2.45) is 53.3 Å². The fourth-order valence-corrected chi connectivity index (χ4v) is 7.93. The summed E-state index contributed by atoms with van der Waals surface area (Å²) in [6, 6.07) is 0. The van der Waals surface area contributed by atoms with Crippen LogP contribution in [0.3, 0.4) is 0 Å². The number of carbonyl (C=O) groups is 1. The second-order valence-corrected chi connectivity index (χ2v) is 9.64. The molecule has 0 saturated heterocycles. The third kappa shape index (κ3) is 2.02. The number of fused-ring (bicyclic) bond motifs is 9. The van der Waals surface area contributed by atoms with Crippen LogP contribution in [-0.2, 0) is 9.53 Å². The van der Waals surface area contributed by atoms with Crippen LogP contribution in [-0.4, -0.2) is 12.1 Å². The fraction of sp³-hybridized carbons (Fsp3) is 0.952. The van der Waals surface area contributed by atoms with Crippen molar-refractivity contribution >= 4 is 5.97 Å². The van der Waals surface area contributed by atoms with Gasteiger partial charge in [-0.25, -0.2) is 0 Å². The Morgan fingerprint density at radius 3 is 2.26 bits per heavy atom. The largest absolute Gasteiger partial charge is 0.462 e. The summed E-state index contributed by atoms with van der Waals surface area (Å²) in [4.78, 5) is 12.8. The molecular formula is C21H32O2. The van der Waals surface area contributed by atoms with E-state index in [1.54, 1.807) is 0 Å². The summed E-state index contributed by atoms with van der Waals surface area (Å²) in [5.41, 5.74) is 0. The third-order valence-electron chi connectivity index (χ3n) is 8.98. The SMILES string of the molecule is CC1C(C)C2CC1C1C3CC(C(=O)OC4CCCCC4)C(C3)C21. The molecule has 0 aliphatic heterocycles. The van der Waals surface area contributed by atoms with Gasteiger partial charge < -0.3 is 4.74 Å². The Kier molecular flexibility index (Phi) is 3.36. The van der Waals surface area contributed by atoms with Crippen molar-refractivity contribution in [3.63, 3.8) is 0 Å². The first-order valence-electron chi connectivity index (χ1n) is 10.4. The molecule has 5 aliphatic rings. The highest BCUT2D eigenvalue weighted by molar-refractivity contribution is 5.74. The average molecular weight is 316 g/mol. The first kappa shape index (κ1) is 14.8. The molecule has 0 amide bonds. The van der Waals surface area contributed by atoms with Crippen molar-refractivity contribution in [1.82, 2.24) is 0 Å². The van der Waals surface area contributed by atoms with Crippen molar-refractivity contribution in [1.29, 1.82) is 0 Å². The summed E-state index contributed by atoms with van der Waals surface area (Å²) in [7, 11) is 0. The highest BCUT2D eigenvalue weighted by Crippen LogP contribution is 2.71. The van der Waals surface area contributed by atoms with Crippen LogP contribution in [0.4, 0.5) is 0 Å². The molecule has 5 saturated carbocycles. The number of carbonyl (C=O) groups excluding carboxylic acids is 1. The molecular weight excluding hydrogens is 284 g/mol. The maximum atomic E-state index is 12.8. The van der Waals surface area contributed by atoms with Crippen molar-refractivity contribution in [3.8, 4) is 0 Å². The van der Waals surface area contributed by atoms with Crippen LogP contribution in [0.5, 0.6) is 0 Å². The number of rotatable bonds is 2. The molecule has 0 aromatic rings. The lowest BCUT2D eigenvalue weighted by atomic mass is 9.62. The third-order valence-corrected chi connectivity index (χ3v) is 8.98. The van der Waals surface area contributed by atoms with Crippen LogP contribution >= 0.6 is 0 Å². The Balaban J connectivity index is 1.30. The van der Waals surface area contributed by atoms with Crippen molar-refractivity contribution < 1.29 is 9.53 Å². The molecule has 9 atom stereocenters. The Hall–Kier alpha value is -0.530. The summed E-state index contributed by atoms with van der Waals surface area (Å²) >= 11 is 0. The van der Waals surface area contributed by atoms with Gasteiger partial charge in [-0.15, -0.1) is 0 Å². The Labute approximate surface area is 140 Å². The first-order chi connectivity index (χ1) is 11.1. The molecule has 5 fully saturated rings. The Morgan fingerprint density at radius 2 is 1.52 bits per heavy atom. The highest BCUT2D eigenvalue weighted by atomic mass is 16.5.